The molecule has 0 aromatic rings. The van der Waals surface area contributed by atoms with Crippen molar-refractivity contribution in [1.29, 1.82) is 5.26 Å². The SMILES string of the molecule is N#CC1CCCCC1NCCOCC(F)(F)F. The average molecular weight is 250 g/mol. The van der Waals surface area contributed by atoms with Crippen LogP contribution in [0.15, 0.2) is 0 Å². The van der Waals surface area contributed by atoms with Gasteiger partial charge in [-0.1, -0.05) is 12.8 Å². The summed E-state index contributed by atoms with van der Waals surface area (Å²) in [5.74, 6) is -0.0219. The summed E-state index contributed by atoms with van der Waals surface area (Å²) in [4.78, 5) is 0. The molecule has 17 heavy (non-hydrogen) atoms. The molecule has 1 aliphatic carbocycles. The Morgan fingerprint density at radius 2 is 2.00 bits per heavy atom. The first-order valence-electron chi connectivity index (χ1n) is 5.80. The second kappa shape index (κ2) is 6.82. The van der Waals surface area contributed by atoms with Gasteiger partial charge >= 0.3 is 6.18 Å². The Balaban J connectivity index is 2.11. The number of hydrogen-bond donors (Lipinski definition) is 1. The summed E-state index contributed by atoms with van der Waals surface area (Å²) in [6, 6.07) is 2.34. The first-order chi connectivity index (χ1) is 8.03. The van der Waals surface area contributed by atoms with Crippen molar-refractivity contribution in [2.75, 3.05) is 19.8 Å². The molecular weight excluding hydrogens is 233 g/mol. The molecule has 1 N–H and O–H groups in total. The average Bonchev–Trinajstić information content (AvgIpc) is 2.27. The van der Waals surface area contributed by atoms with E-state index in [0.717, 1.165) is 25.7 Å². The fourth-order valence-electron chi connectivity index (χ4n) is 2.03. The number of alkyl halides is 3. The fraction of sp³-hybridized carbons (Fsp3) is 0.909. The minimum atomic E-state index is -4.26. The predicted molar refractivity (Wildman–Crippen MR) is 56.2 cm³/mol. The van der Waals surface area contributed by atoms with E-state index in [0.29, 0.717) is 6.54 Å². The highest BCUT2D eigenvalue weighted by Gasteiger charge is 2.27. The summed E-state index contributed by atoms with van der Waals surface area (Å²) in [7, 11) is 0. The van der Waals surface area contributed by atoms with E-state index in [2.05, 4.69) is 16.1 Å². The number of nitrogens with zero attached hydrogens (tertiary/aromatic N) is 1. The largest absolute Gasteiger partial charge is 0.411 e. The maximum Gasteiger partial charge on any atom is 0.411 e. The van der Waals surface area contributed by atoms with Crippen molar-refractivity contribution >= 4 is 0 Å². The van der Waals surface area contributed by atoms with E-state index >= 15 is 0 Å². The predicted octanol–water partition coefficient (Wildman–Crippen LogP) is 2.24. The molecule has 6 heteroatoms. The van der Waals surface area contributed by atoms with Gasteiger partial charge in [0, 0.05) is 12.6 Å². The molecular formula is C11H17F3N2O. The number of nitriles is 1. The maximum absolute atomic E-state index is 11.8. The molecule has 1 rings (SSSR count). The van der Waals surface area contributed by atoms with Gasteiger partial charge in [0.1, 0.15) is 6.61 Å². The van der Waals surface area contributed by atoms with Gasteiger partial charge in [-0.15, -0.1) is 0 Å². The summed E-state index contributed by atoms with van der Waals surface area (Å²) in [6.45, 7) is -0.825. The van der Waals surface area contributed by atoms with Crippen LogP contribution in [0.1, 0.15) is 25.7 Å². The van der Waals surface area contributed by atoms with Gasteiger partial charge in [-0.25, -0.2) is 0 Å². The third-order valence-corrected chi connectivity index (χ3v) is 2.85. The van der Waals surface area contributed by atoms with Crippen LogP contribution in [0.4, 0.5) is 13.2 Å². The fourth-order valence-corrected chi connectivity index (χ4v) is 2.03. The van der Waals surface area contributed by atoms with Crippen LogP contribution in [0.2, 0.25) is 0 Å². The molecule has 0 amide bonds. The molecule has 1 saturated carbocycles. The maximum atomic E-state index is 11.8. The van der Waals surface area contributed by atoms with Crippen molar-refractivity contribution < 1.29 is 17.9 Å². The van der Waals surface area contributed by atoms with Crippen molar-refractivity contribution in [3.8, 4) is 6.07 Å². The first-order valence-corrected chi connectivity index (χ1v) is 5.80. The molecule has 0 saturated heterocycles. The van der Waals surface area contributed by atoms with Crippen LogP contribution in [-0.2, 0) is 4.74 Å². The molecule has 0 bridgehead atoms. The van der Waals surface area contributed by atoms with E-state index in [4.69, 9.17) is 5.26 Å². The Morgan fingerprint density at radius 3 is 2.65 bits per heavy atom. The molecule has 0 heterocycles. The van der Waals surface area contributed by atoms with Crippen LogP contribution in [0.25, 0.3) is 0 Å². The Kier molecular flexibility index (Phi) is 5.72. The van der Waals surface area contributed by atoms with E-state index in [1.165, 1.54) is 0 Å². The highest BCUT2D eigenvalue weighted by Crippen LogP contribution is 2.23. The highest BCUT2D eigenvalue weighted by atomic mass is 19.4. The lowest BCUT2D eigenvalue weighted by molar-refractivity contribution is -0.173. The van der Waals surface area contributed by atoms with Gasteiger partial charge < -0.3 is 10.1 Å². The monoisotopic (exact) mass is 250 g/mol. The standard InChI is InChI=1S/C11H17F3N2O/c12-11(13,14)8-17-6-5-16-10-4-2-1-3-9(10)7-15/h9-10,16H,1-6,8H2. The molecule has 3 nitrogen and oxygen atoms in total. The number of rotatable bonds is 5. The smallest absolute Gasteiger partial charge is 0.371 e. The van der Waals surface area contributed by atoms with Gasteiger partial charge in [0.25, 0.3) is 0 Å². The van der Waals surface area contributed by atoms with E-state index in [-0.39, 0.29) is 18.6 Å². The molecule has 0 aromatic carbocycles. The van der Waals surface area contributed by atoms with Gasteiger partial charge in [0.2, 0.25) is 0 Å². The zero-order chi connectivity index (χ0) is 12.7. The Labute approximate surface area is 98.9 Å². The second-order valence-corrected chi connectivity index (χ2v) is 4.25. The summed E-state index contributed by atoms with van der Waals surface area (Å²) in [6.07, 6.45) is -0.352. The van der Waals surface area contributed by atoms with Crippen LogP contribution < -0.4 is 5.32 Å². The van der Waals surface area contributed by atoms with Gasteiger partial charge in [0.15, 0.2) is 0 Å². The third kappa shape index (κ3) is 5.89. The minimum Gasteiger partial charge on any atom is -0.371 e. The number of halogens is 3. The van der Waals surface area contributed by atoms with Crippen LogP contribution >= 0.6 is 0 Å². The molecule has 1 fully saturated rings. The van der Waals surface area contributed by atoms with Crippen molar-refractivity contribution in [2.45, 2.75) is 37.9 Å². The van der Waals surface area contributed by atoms with Crippen molar-refractivity contribution in [3.63, 3.8) is 0 Å². The second-order valence-electron chi connectivity index (χ2n) is 4.25. The molecule has 2 unspecified atom stereocenters. The van der Waals surface area contributed by atoms with Gasteiger partial charge in [-0.05, 0) is 12.8 Å². The van der Waals surface area contributed by atoms with Crippen LogP contribution in [-0.4, -0.2) is 32.0 Å². The van der Waals surface area contributed by atoms with Crippen LogP contribution in [0, 0.1) is 17.2 Å². The van der Waals surface area contributed by atoms with E-state index in [9.17, 15) is 13.2 Å². The Hall–Kier alpha value is -0.800. The highest BCUT2D eigenvalue weighted by molar-refractivity contribution is 4.94. The normalized spacial score (nSPS) is 25.5. The first kappa shape index (κ1) is 14.3. The lowest BCUT2D eigenvalue weighted by atomic mass is 9.85. The Bertz CT molecular complexity index is 262. The van der Waals surface area contributed by atoms with E-state index in [1.54, 1.807) is 0 Å². The Morgan fingerprint density at radius 1 is 1.29 bits per heavy atom. The zero-order valence-corrected chi connectivity index (χ0v) is 9.59. The molecule has 0 spiro atoms. The summed E-state index contributed by atoms with van der Waals surface area (Å²) >= 11 is 0. The molecule has 1 aliphatic rings. The van der Waals surface area contributed by atoms with E-state index < -0.39 is 12.8 Å². The summed E-state index contributed by atoms with van der Waals surface area (Å²) in [5.41, 5.74) is 0. The number of ether oxygens (including phenoxy) is 1. The van der Waals surface area contributed by atoms with Crippen LogP contribution in [0.5, 0.6) is 0 Å². The van der Waals surface area contributed by atoms with Crippen molar-refractivity contribution in [2.24, 2.45) is 5.92 Å². The molecule has 98 valence electrons. The molecule has 0 aromatic heterocycles. The number of hydrogen-bond acceptors (Lipinski definition) is 3. The molecule has 2 atom stereocenters. The van der Waals surface area contributed by atoms with Crippen molar-refractivity contribution in [3.05, 3.63) is 0 Å². The summed E-state index contributed by atoms with van der Waals surface area (Å²) in [5, 5.41) is 12.0. The molecule has 0 aliphatic heterocycles. The minimum absolute atomic E-state index is 0.0219. The lowest BCUT2D eigenvalue weighted by Gasteiger charge is -2.27. The van der Waals surface area contributed by atoms with E-state index in [1.807, 2.05) is 0 Å². The van der Waals surface area contributed by atoms with Gasteiger partial charge in [-0.2, -0.15) is 18.4 Å². The van der Waals surface area contributed by atoms with Gasteiger partial charge in [0.05, 0.1) is 18.6 Å². The summed E-state index contributed by atoms with van der Waals surface area (Å²) < 4.78 is 39.8. The quantitative estimate of drug-likeness (QED) is 0.761. The van der Waals surface area contributed by atoms with Gasteiger partial charge in [-0.3, -0.25) is 0 Å². The zero-order valence-electron chi connectivity index (χ0n) is 9.59. The van der Waals surface area contributed by atoms with Crippen molar-refractivity contribution in [1.82, 2.24) is 5.32 Å². The topological polar surface area (TPSA) is 45.0 Å². The number of nitrogens with one attached hydrogen (secondary N) is 1. The van der Waals surface area contributed by atoms with Crippen LogP contribution in [0.3, 0.4) is 0 Å². The lowest BCUT2D eigenvalue weighted by Crippen LogP contribution is -2.39. The molecule has 0 radical (unpaired) electrons. The third-order valence-electron chi connectivity index (χ3n) is 2.85.